The van der Waals surface area contributed by atoms with Crippen molar-refractivity contribution in [3.63, 3.8) is 0 Å². The summed E-state index contributed by atoms with van der Waals surface area (Å²) < 4.78 is 44.5. The van der Waals surface area contributed by atoms with Crippen LogP contribution in [-0.4, -0.2) is 42.7 Å². The Kier molecular flexibility index (Phi) is 7.13. The van der Waals surface area contributed by atoms with Gasteiger partial charge >= 0.3 is 0 Å². The van der Waals surface area contributed by atoms with Crippen LogP contribution >= 0.6 is 0 Å². The van der Waals surface area contributed by atoms with Crippen molar-refractivity contribution in [2.24, 2.45) is 0 Å². The maximum atomic E-state index is 13.2. The molecule has 0 spiro atoms. The van der Waals surface area contributed by atoms with Crippen molar-refractivity contribution < 1.29 is 27.4 Å². The second kappa shape index (κ2) is 9.83. The molecule has 0 saturated carbocycles. The molecule has 0 aliphatic carbocycles. The summed E-state index contributed by atoms with van der Waals surface area (Å²) in [5.41, 5.74) is 2.14. The number of hydrogen-bond donors (Lipinski definition) is 1. The topological polar surface area (TPSA) is 94.2 Å². The number of amides is 1. The van der Waals surface area contributed by atoms with Crippen molar-refractivity contribution in [3.8, 4) is 17.2 Å². The van der Waals surface area contributed by atoms with Crippen LogP contribution in [0.4, 0.5) is 11.4 Å². The van der Waals surface area contributed by atoms with Gasteiger partial charge in [0.2, 0.25) is 0 Å². The first-order valence-electron chi connectivity index (χ1n) is 9.97. The molecule has 0 atom stereocenters. The van der Waals surface area contributed by atoms with Crippen LogP contribution in [0.25, 0.3) is 0 Å². The zero-order chi connectivity index (χ0) is 24.2. The van der Waals surface area contributed by atoms with E-state index in [4.69, 9.17) is 14.2 Å². The van der Waals surface area contributed by atoms with E-state index in [0.717, 1.165) is 5.56 Å². The second-order valence-corrected chi connectivity index (χ2v) is 8.89. The van der Waals surface area contributed by atoms with Gasteiger partial charge in [0.15, 0.2) is 11.5 Å². The normalized spacial score (nSPS) is 10.9. The number of carbonyl (C=O) groups excluding carboxylic acids is 1. The van der Waals surface area contributed by atoms with E-state index in [1.165, 1.54) is 44.4 Å². The van der Waals surface area contributed by atoms with Crippen molar-refractivity contribution in [1.29, 1.82) is 0 Å². The summed E-state index contributed by atoms with van der Waals surface area (Å²) in [7, 11) is 1.97. The number of carbonyl (C=O) groups is 1. The molecule has 3 rings (SSSR count). The molecule has 3 aromatic carbocycles. The molecular formula is C24H26N2O6S. The monoisotopic (exact) mass is 470 g/mol. The Morgan fingerprint density at radius 2 is 1.42 bits per heavy atom. The lowest BCUT2D eigenvalue weighted by atomic mass is 10.1. The molecule has 3 aromatic rings. The molecule has 0 aliphatic rings. The lowest BCUT2D eigenvalue weighted by molar-refractivity contribution is 0.0992. The highest BCUT2D eigenvalue weighted by atomic mass is 32.2. The molecule has 33 heavy (non-hydrogen) atoms. The molecule has 9 heteroatoms. The van der Waals surface area contributed by atoms with E-state index in [0.29, 0.717) is 22.9 Å². The molecule has 1 amide bonds. The smallest absolute Gasteiger partial charge is 0.265 e. The van der Waals surface area contributed by atoms with Crippen molar-refractivity contribution in [2.45, 2.75) is 11.8 Å². The molecule has 0 saturated heterocycles. The van der Waals surface area contributed by atoms with Gasteiger partial charge in [-0.25, -0.2) is 8.42 Å². The lowest BCUT2D eigenvalue weighted by Gasteiger charge is -2.20. The largest absolute Gasteiger partial charge is 0.495 e. The quantitative estimate of drug-likeness (QED) is 0.533. The predicted octanol–water partition coefficient (Wildman–Crippen LogP) is 4.10. The Bertz CT molecular complexity index is 1260. The van der Waals surface area contributed by atoms with Gasteiger partial charge in [-0.05, 0) is 49.4 Å². The number of nitrogens with zero attached hydrogens (tertiary/aromatic N) is 1. The minimum atomic E-state index is -4.02. The van der Waals surface area contributed by atoms with E-state index >= 15 is 0 Å². The molecule has 174 valence electrons. The molecule has 1 N–H and O–H groups in total. The Labute approximate surface area is 193 Å². The highest BCUT2D eigenvalue weighted by molar-refractivity contribution is 7.92. The van der Waals surface area contributed by atoms with Gasteiger partial charge in [-0.15, -0.1) is 0 Å². The standard InChI is InChI=1S/C24H26N2O6S/c1-16-6-9-18(10-7-16)25-33(28,29)23-14-17(8-12-21(23)31-4)24(27)26(2)19-11-13-20(30-3)22(15-19)32-5/h6-15,25H,1-5H3. The number of aryl methyl sites for hydroxylation is 1. The lowest BCUT2D eigenvalue weighted by Crippen LogP contribution is -2.26. The molecule has 0 aromatic heterocycles. The first-order valence-corrected chi connectivity index (χ1v) is 11.5. The van der Waals surface area contributed by atoms with Gasteiger partial charge in [0.25, 0.3) is 15.9 Å². The van der Waals surface area contributed by atoms with Gasteiger partial charge in [0.05, 0.1) is 21.3 Å². The van der Waals surface area contributed by atoms with Gasteiger partial charge in [-0.2, -0.15) is 0 Å². The first-order chi connectivity index (χ1) is 15.7. The fraction of sp³-hybridized carbons (Fsp3) is 0.208. The summed E-state index contributed by atoms with van der Waals surface area (Å²) in [6, 6.07) is 16.3. The number of rotatable bonds is 8. The summed E-state index contributed by atoms with van der Waals surface area (Å²) in [6.07, 6.45) is 0. The number of nitrogens with one attached hydrogen (secondary N) is 1. The second-order valence-electron chi connectivity index (χ2n) is 7.24. The first kappa shape index (κ1) is 23.9. The van der Waals surface area contributed by atoms with Crippen LogP contribution in [0.1, 0.15) is 15.9 Å². The SMILES string of the molecule is COc1ccc(N(C)C(=O)c2ccc(OC)c(S(=O)(=O)Nc3ccc(C)cc3)c2)cc1OC. The number of hydrogen-bond acceptors (Lipinski definition) is 6. The minimum absolute atomic E-state index is 0.125. The highest BCUT2D eigenvalue weighted by Gasteiger charge is 2.24. The Morgan fingerprint density at radius 3 is 2.03 bits per heavy atom. The third kappa shape index (κ3) is 5.20. The summed E-state index contributed by atoms with van der Waals surface area (Å²) >= 11 is 0. The number of sulfonamides is 1. The number of anilines is 2. The van der Waals surface area contributed by atoms with Gasteiger partial charge < -0.3 is 19.1 Å². The van der Waals surface area contributed by atoms with Gasteiger partial charge in [0, 0.05) is 30.1 Å². The summed E-state index contributed by atoms with van der Waals surface area (Å²) in [4.78, 5) is 14.4. The third-order valence-corrected chi connectivity index (χ3v) is 6.47. The van der Waals surface area contributed by atoms with Crippen molar-refractivity contribution in [3.05, 3.63) is 71.8 Å². The van der Waals surface area contributed by atoms with E-state index in [9.17, 15) is 13.2 Å². The Morgan fingerprint density at radius 1 is 0.818 bits per heavy atom. The van der Waals surface area contributed by atoms with Crippen LogP contribution in [0.5, 0.6) is 17.2 Å². The highest BCUT2D eigenvalue weighted by Crippen LogP contribution is 2.32. The zero-order valence-corrected chi connectivity index (χ0v) is 19.9. The summed E-state index contributed by atoms with van der Waals surface area (Å²) in [6.45, 7) is 1.91. The fourth-order valence-corrected chi connectivity index (χ4v) is 4.45. The van der Waals surface area contributed by atoms with Crippen LogP contribution in [0.2, 0.25) is 0 Å². The summed E-state index contributed by atoms with van der Waals surface area (Å²) in [5, 5.41) is 0. The maximum absolute atomic E-state index is 13.2. The van der Waals surface area contributed by atoms with E-state index in [1.54, 1.807) is 49.5 Å². The van der Waals surface area contributed by atoms with Crippen LogP contribution in [0.3, 0.4) is 0 Å². The number of benzene rings is 3. The van der Waals surface area contributed by atoms with Crippen LogP contribution in [-0.2, 0) is 10.0 Å². The average Bonchev–Trinajstić information content (AvgIpc) is 2.83. The Hall–Kier alpha value is -3.72. The molecule has 8 nitrogen and oxygen atoms in total. The van der Waals surface area contributed by atoms with E-state index in [2.05, 4.69) is 4.72 Å². The molecule has 0 fully saturated rings. The van der Waals surface area contributed by atoms with Crippen molar-refractivity contribution in [2.75, 3.05) is 38.0 Å². The van der Waals surface area contributed by atoms with E-state index < -0.39 is 15.9 Å². The van der Waals surface area contributed by atoms with Gasteiger partial charge in [-0.1, -0.05) is 17.7 Å². The molecular weight excluding hydrogens is 444 g/mol. The summed E-state index contributed by atoms with van der Waals surface area (Å²) in [5.74, 6) is 0.716. The van der Waals surface area contributed by atoms with Crippen molar-refractivity contribution >= 4 is 27.3 Å². The van der Waals surface area contributed by atoms with Crippen molar-refractivity contribution in [1.82, 2.24) is 0 Å². The molecule has 0 unspecified atom stereocenters. The Balaban J connectivity index is 1.95. The molecule has 0 aliphatic heterocycles. The molecule has 0 radical (unpaired) electrons. The number of ether oxygens (including phenoxy) is 3. The predicted molar refractivity (Wildman–Crippen MR) is 127 cm³/mol. The average molecular weight is 471 g/mol. The van der Waals surface area contributed by atoms with Gasteiger partial charge in [0.1, 0.15) is 10.6 Å². The number of methoxy groups -OCH3 is 3. The van der Waals surface area contributed by atoms with E-state index in [1.807, 2.05) is 6.92 Å². The van der Waals surface area contributed by atoms with E-state index in [-0.39, 0.29) is 16.2 Å². The van der Waals surface area contributed by atoms with Crippen LogP contribution in [0, 0.1) is 6.92 Å². The minimum Gasteiger partial charge on any atom is -0.495 e. The molecule has 0 heterocycles. The zero-order valence-electron chi connectivity index (χ0n) is 19.1. The third-order valence-electron chi connectivity index (χ3n) is 5.06. The fourth-order valence-electron chi connectivity index (χ4n) is 3.20. The van der Waals surface area contributed by atoms with Crippen LogP contribution in [0.15, 0.2) is 65.6 Å². The maximum Gasteiger partial charge on any atom is 0.265 e. The molecule has 0 bridgehead atoms. The van der Waals surface area contributed by atoms with Gasteiger partial charge in [-0.3, -0.25) is 9.52 Å². The van der Waals surface area contributed by atoms with Crippen LogP contribution < -0.4 is 23.8 Å².